The molecule has 0 radical (unpaired) electrons. The van der Waals surface area contributed by atoms with Crippen molar-refractivity contribution in [2.45, 2.75) is 45.8 Å². The molecule has 1 aliphatic rings. The number of hydrogen-bond acceptors (Lipinski definition) is 4. The normalized spacial score (nSPS) is 17.5. The van der Waals surface area contributed by atoms with E-state index in [0.717, 1.165) is 37.1 Å². The summed E-state index contributed by atoms with van der Waals surface area (Å²) >= 11 is 0. The number of nitrogens with zero attached hydrogens (tertiary/aromatic N) is 2. The van der Waals surface area contributed by atoms with Gasteiger partial charge in [0.2, 0.25) is 0 Å². The molecular weight excluding hydrogens is 304 g/mol. The van der Waals surface area contributed by atoms with Crippen molar-refractivity contribution in [2.75, 3.05) is 33.3 Å². The first-order valence-electron chi connectivity index (χ1n) is 8.79. The zero-order valence-electron chi connectivity index (χ0n) is 15.3. The van der Waals surface area contributed by atoms with Crippen LogP contribution in [-0.2, 0) is 4.74 Å². The summed E-state index contributed by atoms with van der Waals surface area (Å²) in [5.41, 5.74) is 3.32. The van der Waals surface area contributed by atoms with Gasteiger partial charge in [-0.1, -0.05) is 23.8 Å². The van der Waals surface area contributed by atoms with Crippen LogP contribution in [0.2, 0.25) is 0 Å². The van der Waals surface area contributed by atoms with E-state index in [9.17, 15) is 9.90 Å². The quantitative estimate of drug-likeness (QED) is 0.899. The van der Waals surface area contributed by atoms with Crippen LogP contribution in [-0.4, -0.2) is 60.3 Å². The highest BCUT2D eigenvalue weighted by Crippen LogP contribution is 2.23. The van der Waals surface area contributed by atoms with Gasteiger partial charge in [-0.2, -0.15) is 0 Å². The molecule has 5 nitrogen and oxygen atoms in total. The highest BCUT2D eigenvalue weighted by atomic mass is 16.6. The van der Waals surface area contributed by atoms with Crippen LogP contribution in [0, 0.1) is 13.8 Å². The number of amides is 1. The van der Waals surface area contributed by atoms with Gasteiger partial charge in [-0.25, -0.2) is 4.79 Å². The molecule has 0 bridgehead atoms. The summed E-state index contributed by atoms with van der Waals surface area (Å²) in [7, 11) is 1.81. The molecule has 0 unspecified atom stereocenters. The average Bonchev–Trinajstić information content (AvgIpc) is 2.57. The zero-order chi connectivity index (χ0) is 17.7. The van der Waals surface area contributed by atoms with E-state index in [-0.39, 0.29) is 12.1 Å². The van der Waals surface area contributed by atoms with Gasteiger partial charge >= 0.3 is 6.09 Å². The third-order valence-electron chi connectivity index (χ3n) is 4.89. The fourth-order valence-corrected chi connectivity index (χ4v) is 3.33. The number of aliphatic hydroxyl groups excluding tert-OH is 1. The van der Waals surface area contributed by atoms with Crippen molar-refractivity contribution in [3.63, 3.8) is 0 Å². The summed E-state index contributed by atoms with van der Waals surface area (Å²) in [4.78, 5) is 15.8. The first kappa shape index (κ1) is 18.7. The molecule has 1 aliphatic heterocycles. The highest BCUT2D eigenvalue weighted by Gasteiger charge is 2.27. The van der Waals surface area contributed by atoms with Crippen molar-refractivity contribution >= 4 is 6.09 Å². The third-order valence-corrected chi connectivity index (χ3v) is 4.89. The number of β-amino-alcohol motifs (C(OH)–C–C–N with tert-alkyl or cyclic N) is 1. The average molecular weight is 334 g/mol. The smallest absolute Gasteiger partial charge is 0.409 e. The first-order valence-corrected chi connectivity index (χ1v) is 8.79. The minimum absolute atomic E-state index is 0.221. The SMILES string of the molecule is CCOC(=O)N(C)C1CCN(C[C@@H](O)c2cc(C)ccc2C)CC1. The molecule has 0 aromatic heterocycles. The molecule has 134 valence electrons. The van der Waals surface area contributed by atoms with Crippen molar-refractivity contribution < 1.29 is 14.6 Å². The lowest BCUT2D eigenvalue weighted by molar-refractivity contribution is 0.0612. The number of ether oxygens (including phenoxy) is 1. The summed E-state index contributed by atoms with van der Waals surface area (Å²) in [5.74, 6) is 0. The van der Waals surface area contributed by atoms with E-state index in [1.807, 2.05) is 27.8 Å². The molecule has 5 heteroatoms. The maximum atomic E-state index is 11.8. The maximum Gasteiger partial charge on any atom is 0.409 e. The van der Waals surface area contributed by atoms with E-state index in [1.54, 1.807) is 4.90 Å². The number of benzene rings is 1. The lowest BCUT2D eigenvalue weighted by Crippen LogP contribution is -2.46. The molecule has 1 aromatic carbocycles. The molecule has 2 rings (SSSR count). The number of piperidine rings is 1. The fourth-order valence-electron chi connectivity index (χ4n) is 3.33. The molecule has 1 atom stereocenters. The van der Waals surface area contributed by atoms with Crippen LogP contribution in [0.3, 0.4) is 0 Å². The van der Waals surface area contributed by atoms with Crippen molar-refractivity contribution in [1.82, 2.24) is 9.80 Å². The minimum Gasteiger partial charge on any atom is -0.450 e. The Morgan fingerprint density at radius 1 is 1.38 bits per heavy atom. The summed E-state index contributed by atoms with van der Waals surface area (Å²) in [6.07, 6.45) is 1.11. The lowest BCUT2D eigenvalue weighted by Gasteiger charge is -2.37. The van der Waals surface area contributed by atoms with Crippen LogP contribution in [0.15, 0.2) is 18.2 Å². The molecule has 1 N–H and O–H groups in total. The number of hydrogen-bond donors (Lipinski definition) is 1. The second kappa shape index (κ2) is 8.49. The van der Waals surface area contributed by atoms with E-state index in [2.05, 4.69) is 23.1 Å². The molecule has 1 amide bonds. The van der Waals surface area contributed by atoms with Crippen LogP contribution in [0.1, 0.15) is 42.6 Å². The fraction of sp³-hybridized carbons (Fsp3) is 0.632. The van der Waals surface area contributed by atoms with Gasteiger partial charge in [0, 0.05) is 32.7 Å². The number of rotatable bonds is 5. The Labute approximate surface area is 145 Å². The Kier molecular flexibility index (Phi) is 6.63. The van der Waals surface area contributed by atoms with Gasteiger partial charge in [-0.15, -0.1) is 0 Å². The highest BCUT2D eigenvalue weighted by molar-refractivity contribution is 5.67. The summed E-state index contributed by atoms with van der Waals surface area (Å²) < 4.78 is 5.06. The van der Waals surface area contributed by atoms with E-state index < -0.39 is 6.10 Å². The van der Waals surface area contributed by atoms with Gasteiger partial charge in [0.1, 0.15) is 0 Å². The van der Waals surface area contributed by atoms with Gasteiger partial charge in [-0.3, -0.25) is 0 Å². The van der Waals surface area contributed by atoms with Crippen LogP contribution in [0.4, 0.5) is 4.79 Å². The van der Waals surface area contributed by atoms with E-state index >= 15 is 0 Å². The largest absolute Gasteiger partial charge is 0.450 e. The van der Waals surface area contributed by atoms with Crippen molar-refractivity contribution in [3.05, 3.63) is 34.9 Å². The Bertz CT molecular complexity index is 554. The maximum absolute atomic E-state index is 11.8. The number of carbonyl (C=O) groups excluding carboxylic acids is 1. The second-order valence-electron chi connectivity index (χ2n) is 6.72. The van der Waals surface area contributed by atoms with Gasteiger partial charge in [0.15, 0.2) is 0 Å². The molecule has 0 spiro atoms. The molecule has 1 heterocycles. The Morgan fingerprint density at radius 3 is 2.67 bits per heavy atom. The van der Waals surface area contributed by atoms with E-state index in [4.69, 9.17) is 4.74 Å². The Hall–Kier alpha value is -1.59. The van der Waals surface area contributed by atoms with E-state index in [1.165, 1.54) is 5.56 Å². The standard InChI is InChI=1S/C19H30N2O3/c1-5-24-19(23)20(4)16-8-10-21(11-9-16)13-18(22)17-12-14(2)6-7-15(17)3/h6-7,12,16,18,22H,5,8-11,13H2,1-4H3/t18-/m1/s1. The van der Waals surface area contributed by atoms with Crippen LogP contribution >= 0.6 is 0 Å². The number of aliphatic hydroxyl groups is 1. The first-order chi connectivity index (χ1) is 11.4. The monoisotopic (exact) mass is 334 g/mol. The number of carbonyl (C=O) groups is 1. The molecule has 1 aromatic rings. The van der Waals surface area contributed by atoms with Gasteiger partial charge in [-0.05, 0) is 44.7 Å². The van der Waals surface area contributed by atoms with Crippen molar-refractivity contribution in [2.24, 2.45) is 0 Å². The molecule has 0 aliphatic carbocycles. The topological polar surface area (TPSA) is 53.0 Å². The molecule has 1 fully saturated rings. The van der Waals surface area contributed by atoms with Gasteiger partial charge < -0.3 is 19.6 Å². The summed E-state index contributed by atoms with van der Waals surface area (Å²) in [5, 5.41) is 10.6. The van der Waals surface area contributed by atoms with Crippen LogP contribution in [0.25, 0.3) is 0 Å². The second-order valence-corrected chi connectivity index (χ2v) is 6.72. The minimum atomic E-state index is -0.468. The molecular formula is C19H30N2O3. The van der Waals surface area contributed by atoms with Gasteiger partial charge in [0.05, 0.1) is 12.7 Å². The lowest BCUT2D eigenvalue weighted by atomic mass is 9.99. The number of likely N-dealkylation sites (tertiary alicyclic amines) is 1. The van der Waals surface area contributed by atoms with Crippen LogP contribution in [0.5, 0.6) is 0 Å². The van der Waals surface area contributed by atoms with Gasteiger partial charge in [0.25, 0.3) is 0 Å². The predicted octanol–water partition coefficient (Wildman–Crippen LogP) is 2.89. The van der Waals surface area contributed by atoms with Crippen molar-refractivity contribution in [3.8, 4) is 0 Å². The van der Waals surface area contributed by atoms with Crippen molar-refractivity contribution in [1.29, 1.82) is 0 Å². The van der Waals surface area contributed by atoms with E-state index in [0.29, 0.717) is 13.2 Å². The summed E-state index contributed by atoms with van der Waals surface area (Å²) in [6.45, 7) is 8.73. The molecule has 0 saturated carbocycles. The Morgan fingerprint density at radius 2 is 2.04 bits per heavy atom. The molecule has 24 heavy (non-hydrogen) atoms. The Balaban J connectivity index is 1.86. The predicted molar refractivity (Wildman–Crippen MR) is 95.1 cm³/mol. The third kappa shape index (κ3) is 4.71. The summed E-state index contributed by atoms with van der Waals surface area (Å²) in [6, 6.07) is 6.43. The number of aryl methyl sites for hydroxylation is 2. The molecule has 1 saturated heterocycles. The zero-order valence-corrected chi connectivity index (χ0v) is 15.3. The van der Waals surface area contributed by atoms with Crippen LogP contribution < -0.4 is 0 Å².